The molecule has 4 nitrogen and oxygen atoms in total. The van der Waals surface area contributed by atoms with E-state index in [0.717, 1.165) is 32.1 Å². The average Bonchev–Trinajstić information content (AvgIpc) is 2.25. The van der Waals surface area contributed by atoms with E-state index in [1.165, 1.54) is 0 Å². The van der Waals surface area contributed by atoms with Crippen LogP contribution in [0.15, 0.2) is 0 Å². The van der Waals surface area contributed by atoms with E-state index >= 15 is 0 Å². The quantitative estimate of drug-likeness (QED) is 0.242. The SMILES string of the molecule is CCCCCCCCC(C(=O)[O-])(C(=O)[O-])C(C)(C)C.[Li+].[Li+]. The molecule has 0 aliphatic rings. The van der Waals surface area contributed by atoms with Gasteiger partial charge in [0, 0.05) is 0 Å². The summed E-state index contributed by atoms with van der Waals surface area (Å²) >= 11 is 0. The van der Waals surface area contributed by atoms with Crippen LogP contribution in [0.2, 0.25) is 0 Å². The van der Waals surface area contributed by atoms with E-state index in [1.807, 2.05) is 0 Å². The minimum Gasteiger partial charge on any atom is -0.549 e. The van der Waals surface area contributed by atoms with Crippen molar-refractivity contribution < 1.29 is 57.5 Å². The smallest absolute Gasteiger partial charge is 0.549 e. The molecule has 0 aliphatic carbocycles. The third-order valence-electron chi connectivity index (χ3n) is 3.88. The molecule has 0 spiro atoms. The Morgan fingerprint density at radius 2 is 1.19 bits per heavy atom. The molecule has 0 saturated carbocycles. The van der Waals surface area contributed by atoms with Gasteiger partial charge in [0.15, 0.2) is 0 Å². The van der Waals surface area contributed by atoms with E-state index in [0.29, 0.717) is 6.42 Å². The van der Waals surface area contributed by atoms with Gasteiger partial charge in [-0.2, -0.15) is 0 Å². The van der Waals surface area contributed by atoms with Gasteiger partial charge in [-0.15, -0.1) is 0 Å². The fraction of sp³-hybridized carbons (Fsp3) is 0.867. The maximum absolute atomic E-state index is 11.3. The van der Waals surface area contributed by atoms with Crippen molar-refractivity contribution in [1.29, 1.82) is 0 Å². The van der Waals surface area contributed by atoms with Gasteiger partial charge in [0.05, 0.1) is 17.4 Å². The van der Waals surface area contributed by atoms with Crippen LogP contribution in [0.4, 0.5) is 0 Å². The molecule has 0 bridgehead atoms. The second-order valence-corrected chi connectivity index (χ2v) is 6.25. The Kier molecular flexibility index (Phi) is 14.5. The summed E-state index contributed by atoms with van der Waals surface area (Å²) in [6, 6.07) is 0. The zero-order chi connectivity index (χ0) is 15.1. The Balaban J connectivity index is -0.00000162. The minimum absolute atomic E-state index is 0. The number of carbonyl (C=O) groups excluding carboxylic acids is 2. The number of hydrogen-bond donors (Lipinski definition) is 0. The van der Waals surface area contributed by atoms with E-state index in [4.69, 9.17) is 0 Å². The second-order valence-electron chi connectivity index (χ2n) is 6.25. The van der Waals surface area contributed by atoms with Crippen LogP contribution in [-0.2, 0) is 9.59 Å². The molecule has 0 aliphatic heterocycles. The van der Waals surface area contributed by atoms with Crippen LogP contribution >= 0.6 is 0 Å². The molecule has 0 unspecified atom stereocenters. The zero-order valence-corrected chi connectivity index (χ0v) is 14.6. The maximum Gasteiger partial charge on any atom is 1.00 e. The summed E-state index contributed by atoms with van der Waals surface area (Å²) in [6.07, 6.45) is 5.91. The standard InChI is InChI=1S/C15H28O4.2Li/c1-5-6-7-8-9-10-11-15(12(16)17,13(18)19)14(2,3)4;;/h5-11H2,1-4H3,(H,16,17)(H,18,19);;/q;2*+1/p-2. The van der Waals surface area contributed by atoms with Crippen LogP contribution in [0.5, 0.6) is 0 Å². The van der Waals surface area contributed by atoms with Gasteiger partial charge in [0.2, 0.25) is 0 Å². The topological polar surface area (TPSA) is 80.3 Å². The first-order chi connectivity index (χ1) is 8.70. The van der Waals surface area contributed by atoms with Gasteiger partial charge in [-0.05, 0) is 11.8 Å². The van der Waals surface area contributed by atoms with Crippen LogP contribution in [0.1, 0.15) is 72.6 Å². The van der Waals surface area contributed by atoms with Gasteiger partial charge in [-0.1, -0.05) is 66.2 Å². The molecule has 0 saturated heterocycles. The summed E-state index contributed by atoms with van der Waals surface area (Å²) in [5, 5.41) is 22.7. The van der Waals surface area contributed by atoms with Crippen molar-refractivity contribution in [2.45, 2.75) is 72.6 Å². The molecule has 0 fully saturated rings. The summed E-state index contributed by atoms with van der Waals surface area (Å²) < 4.78 is 0. The molecule has 0 N–H and O–H groups in total. The van der Waals surface area contributed by atoms with Crippen LogP contribution < -0.4 is 47.9 Å². The first-order valence-corrected chi connectivity index (χ1v) is 7.13. The molecule has 0 heterocycles. The largest absolute Gasteiger partial charge is 1.00 e. The Labute approximate surface area is 152 Å². The Hall–Kier alpha value is 0.135. The van der Waals surface area contributed by atoms with Gasteiger partial charge in [-0.3, -0.25) is 0 Å². The molecule has 21 heavy (non-hydrogen) atoms. The Morgan fingerprint density at radius 1 is 0.810 bits per heavy atom. The molecule has 0 amide bonds. The molecule has 0 atom stereocenters. The number of carboxylic acids is 2. The molecule has 6 heteroatoms. The fourth-order valence-corrected chi connectivity index (χ4v) is 2.45. The van der Waals surface area contributed by atoms with Crippen molar-refractivity contribution in [3.63, 3.8) is 0 Å². The third-order valence-corrected chi connectivity index (χ3v) is 3.88. The molecule has 0 radical (unpaired) electrons. The molecule has 0 aromatic heterocycles. The number of carbonyl (C=O) groups is 2. The molecular formula is C15H26Li2O4. The van der Waals surface area contributed by atoms with E-state index in [-0.39, 0.29) is 44.1 Å². The predicted octanol–water partition coefficient (Wildman–Crippen LogP) is -4.72. The number of hydrogen-bond acceptors (Lipinski definition) is 4. The van der Waals surface area contributed by atoms with Crippen LogP contribution in [0.3, 0.4) is 0 Å². The van der Waals surface area contributed by atoms with Crippen LogP contribution in [0, 0.1) is 10.8 Å². The molecule has 112 valence electrons. The van der Waals surface area contributed by atoms with Crippen molar-refractivity contribution >= 4 is 11.9 Å². The molecule has 0 aromatic carbocycles. The second kappa shape index (κ2) is 11.7. The van der Waals surface area contributed by atoms with Crippen molar-refractivity contribution in [1.82, 2.24) is 0 Å². The summed E-state index contributed by atoms with van der Waals surface area (Å²) in [6.45, 7) is 6.94. The summed E-state index contributed by atoms with van der Waals surface area (Å²) in [5.41, 5.74) is -2.83. The number of rotatable bonds is 9. The van der Waals surface area contributed by atoms with Gasteiger partial charge in [0.25, 0.3) is 0 Å². The third kappa shape index (κ3) is 7.29. The van der Waals surface area contributed by atoms with E-state index in [9.17, 15) is 19.8 Å². The number of unbranched alkanes of at least 4 members (excludes halogenated alkanes) is 5. The monoisotopic (exact) mass is 284 g/mol. The van der Waals surface area contributed by atoms with Crippen molar-refractivity contribution in [3.05, 3.63) is 0 Å². The van der Waals surface area contributed by atoms with Crippen LogP contribution in [-0.4, -0.2) is 11.9 Å². The zero-order valence-electron chi connectivity index (χ0n) is 14.6. The van der Waals surface area contributed by atoms with E-state index < -0.39 is 22.8 Å². The fourth-order valence-electron chi connectivity index (χ4n) is 2.45. The van der Waals surface area contributed by atoms with Gasteiger partial charge < -0.3 is 19.8 Å². The van der Waals surface area contributed by atoms with Gasteiger partial charge in [0.1, 0.15) is 0 Å². The summed E-state index contributed by atoms with van der Waals surface area (Å²) in [4.78, 5) is 22.7. The van der Waals surface area contributed by atoms with Gasteiger partial charge in [-0.25, -0.2) is 0 Å². The van der Waals surface area contributed by atoms with Crippen molar-refractivity contribution in [2.24, 2.45) is 10.8 Å². The predicted molar refractivity (Wildman–Crippen MR) is 69.9 cm³/mol. The first-order valence-electron chi connectivity index (χ1n) is 7.13. The summed E-state index contributed by atoms with van der Waals surface area (Å²) in [7, 11) is 0. The Bertz CT molecular complexity index is 297. The van der Waals surface area contributed by atoms with E-state index in [2.05, 4.69) is 6.92 Å². The van der Waals surface area contributed by atoms with Gasteiger partial charge >= 0.3 is 37.7 Å². The normalized spacial score (nSPS) is 11.2. The summed E-state index contributed by atoms with van der Waals surface area (Å²) in [5.74, 6) is -3.07. The average molecular weight is 284 g/mol. The molecule has 0 aromatic rings. The Morgan fingerprint density at radius 3 is 1.52 bits per heavy atom. The minimum atomic E-state index is -1.91. The molecular weight excluding hydrogens is 258 g/mol. The van der Waals surface area contributed by atoms with E-state index in [1.54, 1.807) is 20.8 Å². The maximum atomic E-state index is 11.3. The number of carboxylic acid groups (broad SMARTS) is 2. The van der Waals surface area contributed by atoms with Crippen molar-refractivity contribution in [3.8, 4) is 0 Å². The first kappa shape index (κ1) is 26.1. The van der Waals surface area contributed by atoms with Crippen LogP contribution in [0.25, 0.3) is 0 Å². The number of aliphatic carboxylic acids is 2. The molecule has 0 rings (SSSR count). The van der Waals surface area contributed by atoms with Crippen molar-refractivity contribution in [2.75, 3.05) is 0 Å².